The van der Waals surface area contributed by atoms with Crippen molar-refractivity contribution in [1.29, 1.82) is 0 Å². The molecular weight excluding hydrogens is 384 g/mol. The van der Waals surface area contributed by atoms with Crippen LogP contribution in [0.2, 0.25) is 0 Å². The first-order valence-electron chi connectivity index (χ1n) is 11.7. The van der Waals surface area contributed by atoms with Gasteiger partial charge in [-0.25, -0.2) is 0 Å². The fraction of sp³-hybridized carbons (Fsp3) is 0.833. The molecule has 1 atom stereocenters. The molecule has 1 unspecified atom stereocenters. The third-order valence-corrected chi connectivity index (χ3v) is 6.32. The molecule has 170 valence electrons. The topological polar surface area (TPSA) is 74.6 Å². The van der Waals surface area contributed by atoms with Crippen LogP contribution in [0.25, 0.3) is 0 Å². The summed E-state index contributed by atoms with van der Waals surface area (Å²) in [4.78, 5) is 21.8. The maximum Gasteiger partial charge on any atom is 0.307 e. The Morgan fingerprint density at radius 2 is 1.31 bits per heavy atom. The number of hydrogen-bond donors (Lipinski definition) is 2. The quantitative estimate of drug-likeness (QED) is 0.139. The van der Waals surface area contributed by atoms with Gasteiger partial charge in [-0.05, 0) is 32.1 Å². The van der Waals surface area contributed by atoms with E-state index < -0.39 is 11.9 Å². The molecule has 0 heterocycles. The standard InChI is InChI=1S/C24H44O4S/c1-2-3-4-5-6-7-8-9-10-11-12-13-14-15-16-17-18-22(24(27)28)21-29-20-19-23(25)26/h9-10,22H,2-8,11-21H2,1H3,(H,25,26)(H,27,28). The number of hydrogen-bond acceptors (Lipinski definition) is 3. The zero-order valence-corrected chi connectivity index (χ0v) is 19.4. The highest BCUT2D eigenvalue weighted by molar-refractivity contribution is 7.99. The maximum absolute atomic E-state index is 11.3. The van der Waals surface area contributed by atoms with E-state index in [-0.39, 0.29) is 12.3 Å². The predicted molar refractivity (Wildman–Crippen MR) is 125 cm³/mol. The molecule has 0 aliphatic carbocycles. The van der Waals surface area contributed by atoms with Gasteiger partial charge in [0.25, 0.3) is 0 Å². The summed E-state index contributed by atoms with van der Waals surface area (Å²) in [5.41, 5.74) is 0. The Morgan fingerprint density at radius 1 is 0.793 bits per heavy atom. The van der Waals surface area contributed by atoms with Crippen molar-refractivity contribution >= 4 is 23.7 Å². The number of allylic oxidation sites excluding steroid dienone is 2. The van der Waals surface area contributed by atoms with Crippen LogP contribution in [0.1, 0.15) is 110 Å². The van der Waals surface area contributed by atoms with Gasteiger partial charge in [0.1, 0.15) is 0 Å². The molecule has 0 rings (SSSR count). The van der Waals surface area contributed by atoms with Gasteiger partial charge < -0.3 is 10.2 Å². The minimum atomic E-state index is -0.822. The van der Waals surface area contributed by atoms with Gasteiger partial charge in [-0.2, -0.15) is 11.8 Å². The fourth-order valence-electron chi connectivity index (χ4n) is 3.30. The highest BCUT2D eigenvalue weighted by atomic mass is 32.2. The number of carboxylic acid groups (broad SMARTS) is 2. The lowest BCUT2D eigenvalue weighted by Crippen LogP contribution is -2.16. The molecule has 4 nitrogen and oxygen atoms in total. The molecule has 0 aromatic carbocycles. The SMILES string of the molecule is CCCCCCCCC=CCCCCCCCCC(CSCCC(=O)O)C(=O)O. The van der Waals surface area contributed by atoms with E-state index in [2.05, 4.69) is 19.1 Å². The average Bonchev–Trinajstić information content (AvgIpc) is 2.68. The molecule has 0 spiro atoms. The van der Waals surface area contributed by atoms with Crippen LogP contribution in [0, 0.1) is 5.92 Å². The molecule has 0 saturated carbocycles. The van der Waals surface area contributed by atoms with Crippen LogP contribution >= 0.6 is 11.8 Å². The molecule has 0 amide bonds. The molecule has 2 N–H and O–H groups in total. The Morgan fingerprint density at radius 3 is 1.83 bits per heavy atom. The van der Waals surface area contributed by atoms with Crippen LogP contribution in [0.4, 0.5) is 0 Å². The molecule has 29 heavy (non-hydrogen) atoms. The molecule has 0 fully saturated rings. The molecule has 0 aromatic heterocycles. The number of thioether (sulfide) groups is 1. The fourth-order valence-corrected chi connectivity index (χ4v) is 4.38. The van der Waals surface area contributed by atoms with Crippen LogP contribution in [-0.2, 0) is 9.59 Å². The number of carbonyl (C=O) groups is 2. The first kappa shape index (κ1) is 28.0. The zero-order chi connectivity index (χ0) is 21.6. The minimum Gasteiger partial charge on any atom is -0.481 e. The molecule has 0 saturated heterocycles. The summed E-state index contributed by atoms with van der Waals surface area (Å²) in [6.07, 6.45) is 23.1. The van der Waals surface area contributed by atoms with Crippen LogP contribution in [0.3, 0.4) is 0 Å². The third-order valence-electron chi connectivity index (χ3n) is 5.19. The van der Waals surface area contributed by atoms with E-state index in [0.29, 0.717) is 17.9 Å². The lowest BCUT2D eigenvalue weighted by molar-refractivity contribution is -0.141. The number of aliphatic carboxylic acids is 2. The van der Waals surface area contributed by atoms with Gasteiger partial charge in [0.15, 0.2) is 0 Å². The van der Waals surface area contributed by atoms with E-state index in [0.717, 1.165) is 12.8 Å². The Kier molecular flexibility index (Phi) is 21.0. The van der Waals surface area contributed by atoms with Gasteiger partial charge in [0, 0.05) is 11.5 Å². The molecular formula is C24H44O4S. The second-order valence-electron chi connectivity index (χ2n) is 7.98. The monoisotopic (exact) mass is 428 g/mol. The van der Waals surface area contributed by atoms with Crippen molar-refractivity contribution in [3.05, 3.63) is 12.2 Å². The van der Waals surface area contributed by atoms with Crippen molar-refractivity contribution in [3.63, 3.8) is 0 Å². The van der Waals surface area contributed by atoms with E-state index >= 15 is 0 Å². The Hall–Kier alpha value is -0.970. The highest BCUT2D eigenvalue weighted by Crippen LogP contribution is 2.18. The van der Waals surface area contributed by atoms with E-state index in [1.54, 1.807) is 0 Å². The first-order valence-corrected chi connectivity index (χ1v) is 12.9. The summed E-state index contributed by atoms with van der Waals surface area (Å²) in [5.74, 6) is -0.899. The molecule has 5 heteroatoms. The summed E-state index contributed by atoms with van der Waals surface area (Å²) >= 11 is 1.44. The second kappa shape index (κ2) is 21.7. The molecule has 0 aromatic rings. The van der Waals surface area contributed by atoms with Crippen molar-refractivity contribution in [2.45, 2.75) is 110 Å². The van der Waals surface area contributed by atoms with Gasteiger partial charge in [-0.1, -0.05) is 83.3 Å². The number of unbranched alkanes of at least 4 members (excludes halogenated alkanes) is 12. The van der Waals surface area contributed by atoms with Crippen molar-refractivity contribution in [2.24, 2.45) is 5.92 Å². The van der Waals surface area contributed by atoms with E-state index in [1.807, 2.05) is 0 Å². The highest BCUT2D eigenvalue weighted by Gasteiger charge is 2.16. The number of carboxylic acids is 2. The summed E-state index contributed by atoms with van der Waals surface area (Å²) in [6, 6.07) is 0. The number of rotatable bonds is 22. The molecule has 0 radical (unpaired) electrons. The Balaban J connectivity index is 3.44. The molecule has 0 aliphatic rings. The van der Waals surface area contributed by atoms with Crippen molar-refractivity contribution in [3.8, 4) is 0 Å². The van der Waals surface area contributed by atoms with Gasteiger partial charge in [0.05, 0.1) is 12.3 Å². The lowest BCUT2D eigenvalue weighted by Gasteiger charge is -2.11. The van der Waals surface area contributed by atoms with E-state index in [1.165, 1.54) is 88.8 Å². The summed E-state index contributed by atoms with van der Waals surface area (Å²) in [6.45, 7) is 2.26. The van der Waals surface area contributed by atoms with Crippen molar-refractivity contribution < 1.29 is 19.8 Å². The van der Waals surface area contributed by atoms with Crippen LogP contribution in [-0.4, -0.2) is 33.7 Å². The zero-order valence-electron chi connectivity index (χ0n) is 18.6. The Labute approximate surface area is 182 Å². The summed E-state index contributed by atoms with van der Waals surface area (Å²) in [7, 11) is 0. The maximum atomic E-state index is 11.3. The summed E-state index contributed by atoms with van der Waals surface area (Å²) in [5, 5.41) is 17.9. The second-order valence-corrected chi connectivity index (χ2v) is 9.13. The first-order chi connectivity index (χ1) is 14.1. The van der Waals surface area contributed by atoms with Gasteiger partial charge >= 0.3 is 11.9 Å². The predicted octanol–water partition coefficient (Wildman–Crippen LogP) is 7.32. The van der Waals surface area contributed by atoms with E-state index in [4.69, 9.17) is 5.11 Å². The lowest BCUT2D eigenvalue weighted by atomic mass is 10.0. The normalized spacial score (nSPS) is 12.4. The van der Waals surface area contributed by atoms with Gasteiger partial charge in [0.2, 0.25) is 0 Å². The Bertz CT molecular complexity index is 423. The van der Waals surface area contributed by atoms with Crippen LogP contribution < -0.4 is 0 Å². The smallest absolute Gasteiger partial charge is 0.307 e. The summed E-state index contributed by atoms with van der Waals surface area (Å²) < 4.78 is 0. The minimum absolute atomic E-state index is 0.102. The van der Waals surface area contributed by atoms with Crippen LogP contribution in [0.15, 0.2) is 12.2 Å². The molecule has 0 aliphatic heterocycles. The van der Waals surface area contributed by atoms with Crippen LogP contribution in [0.5, 0.6) is 0 Å². The largest absolute Gasteiger partial charge is 0.481 e. The van der Waals surface area contributed by atoms with Gasteiger partial charge in [-0.15, -0.1) is 0 Å². The van der Waals surface area contributed by atoms with Gasteiger partial charge in [-0.3, -0.25) is 9.59 Å². The third kappa shape index (κ3) is 21.6. The van der Waals surface area contributed by atoms with Crippen molar-refractivity contribution in [1.82, 2.24) is 0 Å². The van der Waals surface area contributed by atoms with E-state index in [9.17, 15) is 14.7 Å². The average molecular weight is 429 g/mol. The van der Waals surface area contributed by atoms with Crippen molar-refractivity contribution in [2.75, 3.05) is 11.5 Å². The molecule has 0 bridgehead atoms.